The van der Waals surface area contributed by atoms with Crippen LogP contribution in [-0.4, -0.2) is 37.5 Å². The molecule has 106 valence electrons. The van der Waals surface area contributed by atoms with Crippen molar-refractivity contribution >= 4 is 0 Å². The first-order valence-electron chi connectivity index (χ1n) is 7.69. The van der Waals surface area contributed by atoms with Crippen molar-refractivity contribution in [1.29, 1.82) is 0 Å². The predicted octanol–water partition coefficient (Wildman–Crippen LogP) is 2.88. The molecule has 0 amide bonds. The molecule has 1 unspecified atom stereocenters. The average Bonchev–Trinajstić information content (AvgIpc) is 2.32. The Balaban J connectivity index is 1.67. The summed E-state index contributed by atoms with van der Waals surface area (Å²) in [6.45, 7) is 7.20. The molecule has 2 rings (SSSR count). The maximum atomic E-state index is 6.22. The topological polar surface area (TPSA) is 30.5 Å². The van der Waals surface area contributed by atoms with Gasteiger partial charge >= 0.3 is 0 Å². The van der Waals surface area contributed by atoms with Crippen molar-refractivity contribution in [3.05, 3.63) is 0 Å². The van der Waals surface area contributed by atoms with Crippen molar-refractivity contribution in [2.45, 2.75) is 76.5 Å². The quantitative estimate of drug-likeness (QED) is 0.759. The van der Waals surface area contributed by atoms with Crippen LogP contribution in [0, 0.1) is 0 Å². The highest BCUT2D eigenvalue weighted by atomic mass is 16.5. The molecule has 0 spiro atoms. The Morgan fingerprint density at radius 2 is 2.11 bits per heavy atom. The van der Waals surface area contributed by atoms with Gasteiger partial charge in [0.25, 0.3) is 0 Å². The molecule has 1 atom stereocenters. The number of nitrogens with one attached hydrogen (secondary N) is 1. The first kappa shape index (κ1) is 14.3. The highest BCUT2D eigenvalue weighted by Gasteiger charge is 2.38. The van der Waals surface area contributed by atoms with Crippen molar-refractivity contribution < 1.29 is 9.47 Å². The fraction of sp³-hybridized carbons (Fsp3) is 1.00. The second-order valence-electron chi connectivity index (χ2n) is 6.19. The molecule has 0 bridgehead atoms. The molecule has 1 saturated carbocycles. The van der Waals surface area contributed by atoms with Crippen LogP contribution >= 0.6 is 0 Å². The number of hydrogen-bond donors (Lipinski definition) is 1. The standard InChI is InChI=1S/C15H29NO2/c1-13(2)16-10-9-15(7-5-8-15)18-12-14-6-3-4-11-17-14/h13-14,16H,3-12H2,1-2H3. The molecule has 0 aromatic rings. The largest absolute Gasteiger partial charge is 0.376 e. The summed E-state index contributed by atoms with van der Waals surface area (Å²) >= 11 is 0. The van der Waals surface area contributed by atoms with Gasteiger partial charge in [-0.1, -0.05) is 13.8 Å². The van der Waals surface area contributed by atoms with E-state index < -0.39 is 0 Å². The van der Waals surface area contributed by atoms with E-state index in [0.29, 0.717) is 12.1 Å². The van der Waals surface area contributed by atoms with Crippen LogP contribution in [0.5, 0.6) is 0 Å². The minimum Gasteiger partial charge on any atom is -0.376 e. The summed E-state index contributed by atoms with van der Waals surface area (Å²) in [5.74, 6) is 0. The molecular weight excluding hydrogens is 226 g/mol. The Hall–Kier alpha value is -0.120. The van der Waals surface area contributed by atoms with Crippen LogP contribution in [0.1, 0.15) is 58.8 Å². The van der Waals surface area contributed by atoms with Gasteiger partial charge in [-0.2, -0.15) is 0 Å². The lowest BCUT2D eigenvalue weighted by molar-refractivity contribution is -0.143. The SMILES string of the molecule is CC(C)NCCC1(OCC2CCCCO2)CCC1. The third kappa shape index (κ3) is 4.22. The van der Waals surface area contributed by atoms with Gasteiger partial charge in [-0.05, 0) is 51.5 Å². The van der Waals surface area contributed by atoms with E-state index in [0.717, 1.165) is 26.2 Å². The third-order valence-electron chi connectivity index (χ3n) is 4.25. The van der Waals surface area contributed by atoms with E-state index in [-0.39, 0.29) is 5.60 Å². The van der Waals surface area contributed by atoms with E-state index in [2.05, 4.69) is 19.2 Å². The number of ether oxygens (including phenoxy) is 2. The third-order valence-corrected chi connectivity index (χ3v) is 4.25. The van der Waals surface area contributed by atoms with Crippen molar-refractivity contribution in [1.82, 2.24) is 5.32 Å². The smallest absolute Gasteiger partial charge is 0.0808 e. The lowest BCUT2D eigenvalue weighted by atomic mass is 9.77. The zero-order valence-corrected chi connectivity index (χ0v) is 12.0. The molecule has 1 aliphatic heterocycles. The van der Waals surface area contributed by atoms with Gasteiger partial charge in [0.15, 0.2) is 0 Å². The van der Waals surface area contributed by atoms with Gasteiger partial charge in [0.2, 0.25) is 0 Å². The van der Waals surface area contributed by atoms with E-state index in [4.69, 9.17) is 9.47 Å². The monoisotopic (exact) mass is 255 g/mol. The zero-order valence-electron chi connectivity index (χ0n) is 12.0. The molecular formula is C15H29NO2. The molecule has 18 heavy (non-hydrogen) atoms. The maximum Gasteiger partial charge on any atom is 0.0808 e. The summed E-state index contributed by atoms with van der Waals surface area (Å²) in [5.41, 5.74) is 0.169. The molecule has 1 aliphatic carbocycles. The van der Waals surface area contributed by atoms with E-state index >= 15 is 0 Å². The first-order chi connectivity index (χ1) is 8.70. The average molecular weight is 255 g/mol. The Morgan fingerprint density at radius 3 is 2.67 bits per heavy atom. The Labute approximate surface area is 112 Å². The molecule has 2 fully saturated rings. The van der Waals surface area contributed by atoms with Crippen LogP contribution in [0.25, 0.3) is 0 Å². The molecule has 3 heteroatoms. The molecule has 1 saturated heterocycles. The Bertz CT molecular complexity index is 233. The number of hydrogen-bond acceptors (Lipinski definition) is 3. The lowest BCUT2D eigenvalue weighted by Crippen LogP contribution is -2.45. The van der Waals surface area contributed by atoms with Gasteiger partial charge in [0.05, 0.1) is 18.3 Å². The normalized spacial score (nSPS) is 27.2. The van der Waals surface area contributed by atoms with E-state index in [9.17, 15) is 0 Å². The second kappa shape index (κ2) is 6.88. The summed E-state index contributed by atoms with van der Waals surface area (Å²) in [4.78, 5) is 0. The van der Waals surface area contributed by atoms with E-state index in [1.54, 1.807) is 0 Å². The van der Waals surface area contributed by atoms with Crippen molar-refractivity contribution in [2.75, 3.05) is 19.8 Å². The lowest BCUT2D eigenvalue weighted by Gasteiger charge is -2.43. The molecule has 3 nitrogen and oxygen atoms in total. The van der Waals surface area contributed by atoms with Crippen LogP contribution in [0.4, 0.5) is 0 Å². The maximum absolute atomic E-state index is 6.22. The minimum absolute atomic E-state index is 0.169. The van der Waals surface area contributed by atoms with E-state index in [1.807, 2.05) is 0 Å². The highest BCUT2D eigenvalue weighted by Crippen LogP contribution is 2.38. The van der Waals surface area contributed by atoms with Crippen molar-refractivity contribution in [3.8, 4) is 0 Å². The summed E-state index contributed by atoms with van der Waals surface area (Å²) in [6.07, 6.45) is 9.01. The minimum atomic E-state index is 0.169. The van der Waals surface area contributed by atoms with Gasteiger partial charge in [0.1, 0.15) is 0 Å². The first-order valence-corrected chi connectivity index (χ1v) is 7.69. The highest BCUT2D eigenvalue weighted by molar-refractivity contribution is 4.90. The van der Waals surface area contributed by atoms with Crippen LogP contribution in [0.3, 0.4) is 0 Å². The molecule has 1 heterocycles. The second-order valence-corrected chi connectivity index (χ2v) is 6.19. The van der Waals surface area contributed by atoms with Crippen molar-refractivity contribution in [2.24, 2.45) is 0 Å². The number of rotatable bonds is 7. The summed E-state index contributed by atoms with van der Waals surface area (Å²) < 4.78 is 12.0. The molecule has 1 N–H and O–H groups in total. The fourth-order valence-electron chi connectivity index (χ4n) is 2.83. The van der Waals surface area contributed by atoms with E-state index in [1.165, 1.54) is 38.5 Å². The van der Waals surface area contributed by atoms with Crippen LogP contribution in [0.2, 0.25) is 0 Å². The van der Waals surface area contributed by atoms with Crippen LogP contribution in [0.15, 0.2) is 0 Å². The van der Waals surface area contributed by atoms with Gasteiger partial charge < -0.3 is 14.8 Å². The molecule has 2 aliphatic rings. The van der Waals surface area contributed by atoms with Gasteiger partial charge in [-0.25, -0.2) is 0 Å². The van der Waals surface area contributed by atoms with Crippen LogP contribution in [-0.2, 0) is 9.47 Å². The molecule has 0 aromatic carbocycles. The summed E-state index contributed by atoms with van der Waals surface area (Å²) in [7, 11) is 0. The molecule has 0 aromatic heterocycles. The van der Waals surface area contributed by atoms with Gasteiger partial charge in [-0.15, -0.1) is 0 Å². The Morgan fingerprint density at radius 1 is 1.28 bits per heavy atom. The van der Waals surface area contributed by atoms with Gasteiger partial charge in [-0.3, -0.25) is 0 Å². The Kier molecular flexibility index (Phi) is 5.46. The molecule has 0 radical (unpaired) electrons. The van der Waals surface area contributed by atoms with Crippen molar-refractivity contribution in [3.63, 3.8) is 0 Å². The fourth-order valence-corrected chi connectivity index (χ4v) is 2.83. The zero-order chi connectivity index (χ0) is 12.8. The van der Waals surface area contributed by atoms with Crippen LogP contribution < -0.4 is 5.32 Å². The summed E-state index contributed by atoms with van der Waals surface area (Å²) in [5, 5.41) is 3.50. The predicted molar refractivity (Wildman–Crippen MR) is 73.9 cm³/mol. The summed E-state index contributed by atoms with van der Waals surface area (Å²) in [6, 6.07) is 0.573. The van der Waals surface area contributed by atoms with Gasteiger partial charge in [0, 0.05) is 12.6 Å².